The zero-order valence-electron chi connectivity index (χ0n) is 20.1. The molecule has 0 bridgehead atoms. The molecule has 8 nitrogen and oxygen atoms in total. The van der Waals surface area contributed by atoms with Crippen LogP contribution in [-0.2, 0) is 19.1 Å². The second kappa shape index (κ2) is 10.9. The Bertz CT molecular complexity index is 1040. The molecule has 1 fully saturated rings. The number of aliphatic carboxylic acids is 1. The molecule has 1 saturated heterocycles. The van der Waals surface area contributed by atoms with E-state index in [2.05, 4.69) is 29.6 Å². The van der Waals surface area contributed by atoms with Gasteiger partial charge in [-0.15, -0.1) is 0 Å². The predicted molar refractivity (Wildman–Crippen MR) is 130 cm³/mol. The van der Waals surface area contributed by atoms with E-state index in [-0.39, 0.29) is 44.0 Å². The zero-order valence-corrected chi connectivity index (χ0v) is 20.1. The van der Waals surface area contributed by atoms with Crippen LogP contribution in [0.5, 0.6) is 0 Å². The molecule has 2 aliphatic rings. The topological polar surface area (TPSA) is 105 Å². The third kappa shape index (κ3) is 5.48. The summed E-state index contributed by atoms with van der Waals surface area (Å²) >= 11 is 0. The number of nitrogens with zero attached hydrogens (tertiary/aromatic N) is 1. The molecule has 0 aromatic heterocycles. The Kier molecular flexibility index (Phi) is 7.70. The highest BCUT2D eigenvalue weighted by Gasteiger charge is 2.38. The number of carbonyl (C=O) groups excluding carboxylic acids is 2. The quantitative estimate of drug-likeness (QED) is 0.569. The van der Waals surface area contributed by atoms with Crippen LogP contribution in [0.25, 0.3) is 11.1 Å². The van der Waals surface area contributed by atoms with E-state index in [1.54, 1.807) is 7.05 Å². The van der Waals surface area contributed by atoms with E-state index >= 15 is 0 Å². The molecule has 35 heavy (non-hydrogen) atoms. The summed E-state index contributed by atoms with van der Waals surface area (Å²) in [7, 11) is 1.62. The molecule has 0 spiro atoms. The van der Waals surface area contributed by atoms with Crippen molar-refractivity contribution >= 4 is 18.0 Å². The maximum absolute atomic E-state index is 12.6. The maximum Gasteiger partial charge on any atom is 0.407 e. The summed E-state index contributed by atoms with van der Waals surface area (Å²) in [5, 5.41) is 12.1. The molecule has 3 unspecified atom stereocenters. The number of hydrogen-bond donors (Lipinski definition) is 2. The van der Waals surface area contributed by atoms with Crippen molar-refractivity contribution < 1.29 is 29.0 Å². The van der Waals surface area contributed by atoms with Gasteiger partial charge in [0.25, 0.3) is 0 Å². The summed E-state index contributed by atoms with van der Waals surface area (Å²) in [6, 6.07) is 15.9. The van der Waals surface area contributed by atoms with Gasteiger partial charge >= 0.3 is 12.1 Å². The summed E-state index contributed by atoms with van der Waals surface area (Å²) in [6.07, 6.45) is 0.397. The Balaban J connectivity index is 1.21. The second-order valence-corrected chi connectivity index (χ2v) is 9.40. The summed E-state index contributed by atoms with van der Waals surface area (Å²) in [6.45, 7) is 2.94. The lowest BCUT2D eigenvalue weighted by atomic mass is 9.98. The summed E-state index contributed by atoms with van der Waals surface area (Å²) < 4.78 is 10.8. The fourth-order valence-electron chi connectivity index (χ4n) is 4.96. The van der Waals surface area contributed by atoms with Gasteiger partial charge in [0.05, 0.1) is 19.3 Å². The number of ether oxygens (including phenoxy) is 2. The minimum atomic E-state index is -0.951. The summed E-state index contributed by atoms with van der Waals surface area (Å²) in [4.78, 5) is 37.8. The Hall–Kier alpha value is -3.39. The number of amides is 2. The van der Waals surface area contributed by atoms with Gasteiger partial charge in [0.1, 0.15) is 12.5 Å². The Morgan fingerprint density at radius 1 is 1.09 bits per heavy atom. The van der Waals surface area contributed by atoms with Gasteiger partial charge in [-0.25, -0.2) is 4.79 Å². The first-order chi connectivity index (χ1) is 16.9. The third-order valence-electron chi connectivity index (χ3n) is 7.03. The molecule has 1 heterocycles. The van der Waals surface area contributed by atoms with Crippen molar-refractivity contribution in [1.29, 1.82) is 0 Å². The van der Waals surface area contributed by atoms with Crippen LogP contribution >= 0.6 is 0 Å². The van der Waals surface area contributed by atoms with Crippen molar-refractivity contribution in [2.24, 2.45) is 11.8 Å². The van der Waals surface area contributed by atoms with Crippen molar-refractivity contribution in [3.8, 4) is 11.1 Å². The summed E-state index contributed by atoms with van der Waals surface area (Å²) in [5.41, 5.74) is 4.69. The minimum Gasteiger partial charge on any atom is -0.481 e. The molecule has 8 heteroatoms. The Labute approximate surface area is 205 Å². The second-order valence-electron chi connectivity index (χ2n) is 9.40. The lowest BCUT2D eigenvalue weighted by Crippen LogP contribution is -2.44. The lowest BCUT2D eigenvalue weighted by Gasteiger charge is -2.27. The fourth-order valence-corrected chi connectivity index (χ4v) is 4.96. The SMILES string of the molecule is CC(CCNC(=O)OCC1c2ccccc2-c2ccccc21)CC(=O)N(C)C1COCC1C(=O)O. The zero-order chi connectivity index (χ0) is 24.9. The number of hydrogen-bond acceptors (Lipinski definition) is 5. The highest BCUT2D eigenvalue weighted by Crippen LogP contribution is 2.44. The molecular weight excluding hydrogens is 448 g/mol. The number of nitrogens with one attached hydrogen (secondary N) is 1. The lowest BCUT2D eigenvalue weighted by molar-refractivity contribution is -0.144. The van der Waals surface area contributed by atoms with Crippen LogP contribution in [0.3, 0.4) is 0 Å². The van der Waals surface area contributed by atoms with Gasteiger partial charge in [0, 0.05) is 25.9 Å². The van der Waals surface area contributed by atoms with Gasteiger partial charge in [-0.1, -0.05) is 55.5 Å². The van der Waals surface area contributed by atoms with Gasteiger partial charge < -0.3 is 24.8 Å². The fraction of sp³-hybridized carbons (Fsp3) is 0.444. The van der Waals surface area contributed by atoms with Crippen LogP contribution in [0.1, 0.15) is 36.8 Å². The van der Waals surface area contributed by atoms with E-state index in [4.69, 9.17) is 9.47 Å². The Morgan fingerprint density at radius 3 is 2.34 bits per heavy atom. The Morgan fingerprint density at radius 2 is 1.71 bits per heavy atom. The molecule has 4 rings (SSSR count). The maximum atomic E-state index is 12.6. The number of likely N-dealkylation sites (N-methyl/N-ethyl adjacent to an activating group) is 1. The molecule has 2 aromatic carbocycles. The van der Waals surface area contributed by atoms with E-state index in [1.807, 2.05) is 31.2 Å². The van der Waals surface area contributed by atoms with Crippen LogP contribution in [0.2, 0.25) is 0 Å². The predicted octanol–water partition coefficient (Wildman–Crippen LogP) is 3.50. The van der Waals surface area contributed by atoms with Crippen molar-refractivity contribution in [3.05, 3.63) is 59.7 Å². The molecule has 1 aliphatic carbocycles. The van der Waals surface area contributed by atoms with E-state index in [0.29, 0.717) is 13.0 Å². The number of benzene rings is 2. The van der Waals surface area contributed by atoms with Gasteiger partial charge in [-0.05, 0) is 34.6 Å². The van der Waals surface area contributed by atoms with Crippen LogP contribution in [-0.4, -0.2) is 67.4 Å². The van der Waals surface area contributed by atoms with E-state index in [1.165, 1.54) is 16.0 Å². The molecule has 2 N–H and O–H groups in total. The van der Waals surface area contributed by atoms with Crippen LogP contribution in [0, 0.1) is 11.8 Å². The van der Waals surface area contributed by atoms with Crippen molar-refractivity contribution in [3.63, 3.8) is 0 Å². The van der Waals surface area contributed by atoms with Crippen molar-refractivity contribution in [1.82, 2.24) is 10.2 Å². The molecule has 2 aromatic rings. The van der Waals surface area contributed by atoms with Gasteiger partial charge in [-0.3, -0.25) is 9.59 Å². The van der Waals surface area contributed by atoms with Gasteiger partial charge in [0.2, 0.25) is 5.91 Å². The molecule has 0 saturated carbocycles. The minimum absolute atomic E-state index is 0.00873. The van der Waals surface area contributed by atoms with Gasteiger partial charge in [0.15, 0.2) is 0 Å². The van der Waals surface area contributed by atoms with Crippen LogP contribution in [0.15, 0.2) is 48.5 Å². The van der Waals surface area contributed by atoms with Crippen LogP contribution < -0.4 is 5.32 Å². The molecule has 1 aliphatic heterocycles. The molecule has 0 radical (unpaired) electrons. The third-order valence-corrected chi connectivity index (χ3v) is 7.03. The highest BCUT2D eigenvalue weighted by atomic mass is 16.5. The summed E-state index contributed by atoms with van der Waals surface area (Å²) in [5.74, 6) is -1.75. The van der Waals surface area contributed by atoms with E-state index in [0.717, 1.165) is 11.1 Å². The first-order valence-electron chi connectivity index (χ1n) is 12.0. The number of carboxylic acid groups (broad SMARTS) is 1. The van der Waals surface area contributed by atoms with Gasteiger partial charge in [-0.2, -0.15) is 0 Å². The normalized spacial score (nSPS) is 19.5. The first-order valence-corrected chi connectivity index (χ1v) is 12.0. The monoisotopic (exact) mass is 480 g/mol. The molecule has 2 amide bonds. The van der Waals surface area contributed by atoms with E-state index in [9.17, 15) is 19.5 Å². The first kappa shape index (κ1) is 24.7. The molecule has 186 valence electrons. The average molecular weight is 481 g/mol. The smallest absolute Gasteiger partial charge is 0.407 e. The average Bonchev–Trinajstić information content (AvgIpc) is 3.46. The standard InChI is InChI=1S/C27H32N2O6/c1-17(13-25(30)29(2)24-16-34-14-23(24)26(31)32)11-12-28-27(33)35-15-22-20-9-5-3-7-18(20)19-8-4-6-10-21(19)22/h3-10,17,22-24H,11-16H2,1-2H3,(H,28,33)(H,31,32). The van der Waals surface area contributed by atoms with Crippen LogP contribution in [0.4, 0.5) is 4.79 Å². The number of carboxylic acids is 1. The number of alkyl carbamates (subject to hydrolysis) is 1. The largest absolute Gasteiger partial charge is 0.481 e. The number of rotatable bonds is 9. The van der Waals surface area contributed by atoms with E-state index < -0.39 is 24.0 Å². The number of fused-ring (bicyclic) bond motifs is 3. The van der Waals surface area contributed by atoms with Crippen molar-refractivity contribution in [2.45, 2.75) is 31.7 Å². The number of carbonyl (C=O) groups is 3. The highest BCUT2D eigenvalue weighted by molar-refractivity contribution is 5.79. The molecular formula is C27H32N2O6. The van der Waals surface area contributed by atoms with Crippen molar-refractivity contribution in [2.75, 3.05) is 33.4 Å². The molecule has 3 atom stereocenters.